The van der Waals surface area contributed by atoms with E-state index in [1.165, 1.54) is 6.92 Å². The van der Waals surface area contributed by atoms with Crippen LogP contribution >= 0.6 is 0 Å². The van der Waals surface area contributed by atoms with Gasteiger partial charge in [0.1, 0.15) is 5.56 Å². The fourth-order valence-electron chi connectivity index (χ4n) is 1.52. The van der Waals surface area contributed by atoms with Crippen LogP contribution < -0.4 is 10.9 Å². The molecular formula is C11H14F3N3O4. The summed E-state index contributed by atoms with van der Waals surface area (Å²) >= 11 is 0. The number of anilines is 1. The second-order valence-corrected chi connectivity index (χ2v) is 4.25. The standard InChI is InChI=1S/C11H14F3N3O4/c1-6(5-21-3-2-8(18)19)16-7-4-15-17-10(20)9(7)11(12,13)14/h4,6H,2-3,5H2,1H3,(H,18,19)(H2,16,17,20). The molecule has 3 N–H and O–H groups in total. The van der Waals surface area contributed by atoms with E-state index in [0.29, 0.717) is 0 Å². The maximum Gasteiger partial charge on any atom is 0.423 e. The molecule has 0 saturated heterocycles. The van der Waals surface area contributed by atoms with E-state index in [2.05, 4.69) is 10.4 Å². The molecule has 0 bridgehead atoms. The van der Waals surface area contributed by atoms with Gasteiger partial charge in [0.05, 0.1) is 31.5 Å². The van der Waals surface area contributed by atoms with Gasteiger partial charge in [-0.2, -0.15) is 18.3 Å². The lowest BCUT2D eigenvalue weighted by Gasteiger charge is -2.18. The minimum Gasteiger partial charge on any atom is -0.481 e. The van der Waals surface area contributed by atoms with Gasteiger partial charge in [-0.05, 0) is 6.92 Å². The van der Waals surface area contributed by atoms with Crippen molar-refractivity contribution in [3.05, 3.63) is 22.1 Å². The topological polar surface area (TPSA) is 104 Å². The number of nitrogens with zero attached hydrogens (tertiary/aromatic N) is 1. The van der Waals surface area contributed by atoms with E-state index in [9.17, 15) is 22.8 Å². The second kappa shape index (κ2) is 7.07. The summed E-state index contributed by atoms with van der Waals surface area (Å²) < 4.78 is 43.3. The summed E-state index contributed by atoms with van der Waals surface area (Å²) in [6.45, 7) is 1.46. The molecule has 10 heteroatoms. The van der Waals surface area contributed by atoms with Crippen LogP contribution in [-0.2, 0) is 15.7 Å². The van der Waals surface area contributed by atoms with Crippen molar-refractivity contribution in [1.29, 1.82) is 0 Å². The van der Waals surface area contributed by atoms with E-state index in [0.717, 1.165) is 6.20 Å². The fraction of sp³-hybridized carbons (Fsp3) is 0.545. The molecule has 1 heterocycles. The average Bonchev–Trinajstić information content (AvgIpc) is 2.32. The van der Waals surface area contributed by atoms with Crippen molar-refractivity contribution >= 4 is 11.7 Å². The number of ether oxygens (including phenoxy) is 1. The highest BCUT2D eigenvalue weighted by atomic mass is 19.4. The van der Waals surface area contributed by atoms with E-state index in [4.69, 9.17) is 9.84 Å². The smallest absolute Gasteiger partial charge is 0.423 e. The minimum absolute atomic E-state index is 0.0165. The van der Waals surface area contributed by atoms with Crippen LogP contribution in [0.4, 0.5) is 18.9 Å². The van der Waals surface area contributed by atoms with Crippen LogP contribution in [0, 0.1) is 0 Å². The zero-order chi connectivity index (χ0) is 16.0. The van der Waals surface area contributed by atoms with Crippen molar-refractivity contribution in [2.75, 3.05) is 18.5 Å². The normalized spacial score (nSPS) is 13.0. The highest BCUT2D eigenvalue weighted by molar-refractivity contribution is 5.66. The second-order valence-electron chi connectivity index (χ2n) is 4.25. The molecule has 21 heavy (non-hydrogen) atoms. The summed E-state index contributed by atoms with van der Waals surface area (Å²) in [7, 11) is 0. The number of carboxylic acid groups (broad SMARTS) is 1. The Bertz CT molecular complexity index is 544. The van der Waals surface area contributed by atoms with Crippen molar-refractivity contribution in [3.8, 4) is 0 Å². The predicted octanol–water partition coefficient (Wildman–Crippen LogP) is 1.08. The zero-order valence-electron chi connectivity index (χ0n) is 11.0. The number of aliphatic carboxylic acids is 1. The lowest BCUT2D eigenvalue weighted by atomic mass is 10.2. The Morgan fingerprint density at radius 2 is 2.24 bits per heavy atom. The Hall–Kier alpha value is -2.10. The SMILES string of the molecule is CC(COCCC(=O)O)Nc1cn[nH]c(=O)c1C(F)(F)F. The number of carboxylic acids is 1. The van der Waals surface area contributed by atoms with E-state index < -0.39 is 35.0 Å². The zero-order valence-corrected chi connectivity index (χ0v) is 11.0. The number of halogens is 3. The van der Waals surface area contributed by atoms with Crippen molar-refractivity contribution in [2.24, 2.45) is 0 Å². The molecular weight excluding hydrogens is 295 g/mol. The molecule has 0 radical (unpaired) electrons. The molecule has 0 fully saturated rings. The van der Waals surface area contributed by atoms with Crippen LogP contribution in [0.25, 0.3) is 0 Å². The van der Waals surface area contributed by atoms with Crippen molar-refractivity contribution < 1.29 is 27.8 Å². The van der Waals surface area contributed by atoms with Crippen LogP contribution in [0.1, 0.15) is 18.9 Å². The van der Waals surface area contributed by atoms with Gasteiger partial charge in [0.2, 0.25) is 0 Å². The molecule has 1 unspecified atom stereocenters. The lowest BCUT2D eigenvalue weighted by molar-refractivity contribution is -0.139. The van der Waals surface area contributed by atoms with E-state index in [1.807, 2.05) is 0 Å². The molecule has 118 valence electrons. The minimum atomic E-state index is -4.82. The number of hydrogen-bond acceptors (Lipinski definition) is 5. The van der Waals surface area contributed by atoms with Crippen molar-refractivity contribution in [2.45, 2.75) is 25.6 Å². The summed E-state index contributed by atoms with van der Waals surface area (Å²) in [4.78, 5) is 21.5. The lowest BCUT2D eigenvalue weighted by Crippen LogP contribution is -2.29. The van der Waals surface area contributed by atoms with Crippen LogP contribution in [0.2, 0.25) is 0 Å². The third-order valence-electron chi connectivity index (χ3n) is 2.37. The maximum atomic E-state index is 12.8. The summed E-state index contributed by atoms with van der Waals surface area (Å²) in [5.74, 6) is -1.03. The molecule has 7 nitrogen and oxygen atoms in total. The Balaban J connectivity index is 2.68. The van der Waals surface area contributed by atoms with Crippen molar-refractivity contribution in [3.63, 3.8) is 0 Å². The largest absolute Gasteiger partial charge is 0.481 e. The Kier molecular flexibility index (Phi) is 5.70. The molecule has 0 aromatic carbocycles. The molecule has 1 aromatic rings. The van der Waals surface area contributed by atoms with E-state index >= 15 is 0 Å². The summed E-state index contributed by atoms with van der Waals surface area (Å²) in [5.41, 5.74) is -3.16. The molecule has 0 spiro atoms. The molecule has 1 atom stereocenters. The quantitative estimate of drug-likeness (QED) is 0.651. The molecule has 0 saturated carbocycles. The number of nitrogens with one attached hydrogen (secondary N) is 2. The molecule has 1 rings (SSSR count). The monoisotopic (exact) mass is 309 g/mol. The number of hydrogen-bond donors (Lipinski definition) is 3. The number of aromatic nitrogens is 2. The Labute approximate surface area is 117 Å². The van der Waals surface area contributed by atoms with Gasteiger partial charge in [0.25, 0.3) is 5.56 Å². The number of carbonyl (C=O) groups is 1. The van der Waals surface area contributed by atoms with Crippen LogP contribution in [0.15, 0.2) is 11.0 Å². The highest BCUT2D eigenvalue weighted by Crippen LogP contribution is 2.31. The van der Waals surface area contributed by atoms with E-state index in [-0.39, 0.29) is 19.6 Å². The molecule has 0 aliphatic rings. The summed E-state index contributed by atoms with van der Waals surface area (Å²) in [6.07, 6.45) is -4.16. The molecule has 1 aromatic heterocycles. The van der Waals surface area contributed by atoms with Gasteiger partial charge in [-0.3, -0.25) is 9.59 Å². The Morgan fingerprint density at radius 1 is 1.57 bits per heavy atom. The number of H-pyrrole nitrogens is 1. The summed E-state index contributed by atoms with van der Waals surface area (Å²) in [6, 6.07) is -0.566. The van der Waals surface area contributed by atoms with E-state index in [1.54, 1.807) is 5.10 Å². The number of rotatable bonds is 7. The molecule has 0 aliphatic carbocycles. The number of aromatic amines is 1. The first kappa shape index (κ1) is 17.0. The van der Waals surface area contributed by atoms with Gasteiger partial charge >= 0.3 is 12.1 Å². The first-order chi connectivity index (χ1) is 9.71. The van der Waals surface area contributed by atoms with Gasteiger partial charge in [0.15, 0.2) is 0 Å². The van der Waals surface area contributed by atoms with Crippen LogP contribution in [0.3, 0.4) is 0 Å². The summed E-state index contributed by atoms with van der Waals surface area (Å²) in [5, 5.41) is 15.9. The van der Waals surface area contributed by atoms with Crippen LogP contribution in [-0.4, -0.2) is 40.5 Å². The third kappa shape index (κ3) is 5.42. The average molecular weight is 309 g/mol. The highest BCUT2D eigenvalue weighted by Gasteiger charge is 2.37. The fourth-order valence-corrected chi connectivity index (χ4v) is 1.52. The van der Waals surface area contributed by atoms with Crippen LogP contribution in [0.5, 0.6) is 0 Å². The van der Waals surface area contributed by atoms with Gasteiger partial charge in [-0.1, -0.05) is 0 Å². The number of alkyl halides is 3. The first-order valence-electron chi connectivity index (χ1n) is 5.92. The third-order valence-corrected chi connectivity index (χ3v) is 2.37. The first-order valence-corrected chi connectivity index (χ1v) is 5.92. The van der Waals surface area contributed by atoms with Crippen molar-refractivity contribution in [1.82, 2.24) is 10.2 Å². The van der Waals surface area contributed by atoms with Gasteiger partial charge in [-0.15, -0.1) is 0 Å². The molecule has 0 aliphatic heterocycles. The maximum absolute atomic E-state index is 12.8. The van der Waals surface area contributed by atoms with Gasteiger partial charge in [-0.25, -0.2) is 5.10 Å². The predicted molar refractivity (Wildman–Crippen MR) is 66.0 cm³/mol. The Morgan fingerprint density at radius 3 is 2.81 bits per heavy atom. The van der Waals surface area contributed by atoms with Gasteiger partial charge in [0, 0.05) is 6.04 Å². The molecule has 0 amide bonds. The van der Waals surface area contributed by atoms with Gasteiger partial charge < -0.3 is 15.2 Å².